The number of rotatable bonds is 6. The van der Waals surface area contributed by atoms with Crippen molar-refractivity contribution in [1.82, 2.24) is 4.90 Å². The number of Topliss-reactive ketones (excluding diaryl/α,β-unsaturated/α-hetero) is 1. The average molecular weight is 304 g/mol. The van der Waals surface area contributed by atoms with Gasteiger partial charge in [-0.2, -0.15) is 0 Å². The van der Waals surface area contributed by atoms with Crippen molar-refractivity contribution in [3.8, 4) is 5.75 Å². The van der Waals surface area contributed by atoms with Crippen LogP contribution in [0.2, 0.25) is 0 Å². The van der Waals surface area contributed by atoms with Gasteiger partial charge in [0.2, 0.25) is 0 Å². The van der Waals surface area contributed by atoms with Crippen LogP contribution in [0.4, 0.5) is 5.69 Å². The highest BCUT2D eigenvalue weighted by molar-refractivity contribution is 6.01. The van der Waals surface area contributed by atoms with E-state index in [1.54, 1.807) is 12.1 Å². The van der Waals surface area contributed by atoms with E-state index in [-0.39, 0.29) is 11.8 Å². The van der Waals surface area contributed by atoms with Crippen LogP contribution >= 0.6 is 0 Å². The topological polar surface area (TPSA) is 55.6 Å². The normalized spacial score (nSPS) is 18.1. The van der Waals surface area contributed by atoms with Crippen molar-refractivity contribution in [2.24, 2.45) is 5.92 Å². The van der Waals surface area contributed by atoms with E-state index in [1.165, 1.54) is 12.8 Å². The molecule has 1 aromatic carbocycles. The third kappa shape index (κ3) is 3.80. The molecule has 122 valence electrons. The molecule has 2 N–H and O–H groups in total. The summed E-state index contributed by atoms with van der Waals surface area (Å²) in [6.45, 7) is 8.88. The van der Waals surface area contributed by atoms with Gasteiger partial charge in [0.1, 0.15) is 5.75 Å². The number of hydrogen-bond donors (Lipinski definition) is 1. The van der Waals surface area contributed by atoms with Gasteiger partial charge in [0.25, 0.3) is 0 Å². The zero-order valence-corrected chi connectivity index (χ0v) is 14.0. The van der Waals surface area contributed by atoms with E-state index in [9.17, 15) is 4.79 Å². The zero-order chi connectivity index (χ0) is 16.1. The van der Waals surface area contributed by atoms with Crippen molar-refractivity contribution in [1.29, 1.82) is 0 Å². The van der Waals surface area contributed by atoms with Crippen LogP contribution in [0.15, 0.2) is 18.2 Å². The van der Waals surface area contributed by atoms with Crippen LogP contribution in [0, 0.1) is 5.92 Å². The van der Waals surface area contributed by atoms with Crippen LogP contribution in [0.1, 0.15) is 50.4 Å². The second kappa shape index (κ2) is 7.63. The lowest BCUT2D eigenvalue weighted by Gasteiger charge is -2.35. The monoisotopic (exact) mass is 304 g/mol. The summed E-state index contributed by atoms with van der Waals surface area (Å²) in [4.78, 5) is 15.2. The summed E-state index contributed by atoms with van der Waals surface area (Å²) in [6, 6.07) is 5.35. The van der Waals surface area contributed by atoms with Crippen LogP contribution < -0.4 is 10.5 Å². The number of ketones is 1. The second-order valence-electron chi connectivity index (χ2n) is 6.19. The van der Waals surface area contributed by atoms with E-state index in [0.717, 1.165) is 25.4 Å². The summed E-state index contributed by atoms with van der Waals surface area (Å²) in [5, 5.41) is 0. The van der Waals surface area contributed by atoms with Gasteiger partial charge < -0.3 is 10.5 Å². The Kier molecular flexibility index (Phi) is 5.83. The van der Waals surface area contributed by atoms with E-state index >= 15 is 0 Å². The highest BCUT2D eigenvalue weighted by atomic mass is 16.5. The van der Waals surface area contributed by atoms with Crippen LogP contribution in [-0.2, 0) is 0 Å². The Morgan fingerprint density at radius 3 is 2.59 bits per heavy atom. The minimum atomic E-state index is -0.0372. The van der Waals surface area contributed by atoms with E-state index in [4.69, 9.17) is 10.5 Å². The molecule has 1 atom stereocenters. The first-order chi connectivity index (χ1) is 10.6. The molecule has 2 rings (SSSR count). The first-order valence-corrected chi connectivity index (χ1v) is 8.37. The molecule has 4 nitrogen and oxygen atoms in total. The van der Waals surface area contributed by atoms with Crippen LogP contribution in [0.3, 0.4) is 0 Å². The molecule has 1 fully saturated rings. The largest absolute Gasteiger partial charge is 0.492 e. The number of hydrogen-bond acceptors (Lipinski definition) is 4. The van der Waals surface area contributed by atoms with Crippen molar-refractivity contribution in [2.75, 3.05) is 25.4 Å². The van der Waals surface area contributed by atoms with Gasteiger partial charge in [-0.1, -0.05) is 13.8 Å². The Hall–Kier alpha value is -1.55. The lowest BCUT2D eigenvalue weighted by atomic mass is 9.94. The predicted octanol–water partition coefficient (Wildman–Crippen LogP) is 3.36. The minimum absolute atomic E-state index is 0.0372. The molecular weight excluding hydrogens is 276 g/mol. The predicted molar refractivity (Wildman–Crippen MR) is 90.4 cm³/mol. The first kappa shape index (κ1) is 16.8. The first-order valence-electron chi connectivity index (χ1n) is 8.37. The summed E-state index contributed by atoms with van der Waals surface area (Å²) >= 11 is 0. The van der Waals surface area contributed by atoms with E-state index < -0.39 is 0 Å². The summed E-state index contributed by atoms with van der Waals surface area (Å²) in [7, 11) is 0. The van der Waals surface area contributed by atoms with Crippen molar-refractivity contribution in [3.05, 3.63) is 23.8 Å². The number of nitrogens with zero attached hydrogens (tertiary/aromatic N) is 1. The summed E-state index contributed by atoms with van der Waals surface area (Å²) in [5.74, 6) is 1.59. The molecule has 0 aromatic heterocycles. The molecule has 4 heteroatoms. The van der Waals surface area contributed by atoms with Gasteiger partial charge >= 0.3 is 0 Å². The molecule has 0 aliphatic carbocycles. The number of anilines is 1. The number of nitrogens with two attached hydrogens (primary N) is 1. The lowest BCUT2D eigenvalue weighted by Crippen LogP contribution is -2.45. The standard InChI is InChI=1S/C18H28N2O2/c1-4-16(20-10-8-13(3)9-11-20)18(21)14-6-7-17(22-5-2)15(19)12-14/h6-7,12-13,16H,4-5,8-11,19H2,1-3H3. The Morgan fingerprint density at radius 2 is 2.05 bits per heavy atom. The third-order valence-corrected chi connectivity index (χ3v) is 4.54. The molecule has 1 aliphatic rings. The van der Waals surface area contributed by atoms with Crippen molar-refractivity contribution >= 4 is 11.5 Å². The second-order valence-corrected chi connectivity index (χ2v) is 6.19. The van der Waals surface area contributed by atoms with Crippen LogP contribution in [-0.4, -0.2) is 36.4 Å². The zero-order valence-electron chi connectivity index (χ0n) is 14.0. The van der Waals surface area contributed by atoms with Gasteiger partial charge in [0.15, 0.2) is 5.78 Å². The molecule has 1 saturated heterocycles. The fourth-order valence-corrected chi connectivity index (χ4v) is 3.13. The summed E-state index contributed by atoms with van der Waals surface area (Å²) < 4.78 is 5.44. The molecule has 0 spiro atoms. The number of piperidine rings is 1. The fourth-order valence-electron chi connectivity index (χ4n) is 3.13. The van der Waals surface area contributed by atoms with E-state index in [2.05, 4.69) is 18.7 Å². The molecular formula is C18H28N2O2. The van der Waals surface area contributed by atoms with Gasteiger partial charge in [-0.15, -0.1) is 0 Å². The molecule has 1 aliphatic heterocycles. The van der Waals surface area contributed by atoms with Gasteiger partial charge in [-0.25, -0.2) is 0 Å². The van der Waals surface area contributed by atoms with E-state index in [1.807, 2.05) is 13.0 Å². The van der Waals surface area contributed by atoms with E-state index in [0.29, 0.717) is 23.6 Å². The SMILES string of the molecule is CCOc1ccc(C(=O)C(CC)N2CCC(C)CC2)cc1N. The Morgan fingerprint density at radius 1 is 1.36 bits per heavy atom. The number of ether oxygens (including phenoxy) is 1. The number of nitrogen functional groups attached to an aromatic ring is 1. The third-order valence-electron chi connectivity index (χ3n) is 4.54. The van der Waals surface area contributed by atoms with Gasteiger partial charge in [-0.3, -0.25) is 9.69 Å². The number of carbonyl (C=O) groups excluding carboxylic acids is 1. The van der Waals surface area contributed by atoms with Gasteiger partial charge in [0, 0.05) is 5.56 Å². The molecule has 0 saturated carbocycles. The molecule has 22 heavy (non-hydrogen) atoms. The van der Waals surface area contributed by atoms with Crippen LogP contribution in [0.25, 0.3) is 0 Å². The molecule has 0 bridgehead atoms. The highest BCUT2D eigenvalue weighted by Crippen LogP contribution is 2.26. The highest BCUT2D eigenvalue weighted by Gasteiger charge is 2.28. The summed E-state index contributed by atoms with van der Waals surface area (Å²) in [5.41, 5.74) is 7.22. The molecule has 1 heterocycles. The van der Waals surface area contributed by atoms with Crippen LogP contribution in [0.5, 0.6) is 5.75 Å². The lowest BCUT2D eigenvalue weighted by molar-refractivity contribution is 0.0743. The fraction of sp³-hybridized carbons (Fsp3) is 0.611. The minimum Gasteiger partial charge on any atom is -0.492 e. The summed E-state index contributed by atoms with van der Waals surface area (Å²) in [6.07, 6.45) is 3.19. The number of likely N-dealkylation sites (tertiary alicyclic amines) is 1. The van der Waals surface area contributed by atoms with Crippen molar-refractivity contribution in [3.63, 3.8) is 0 Å². The molecule has 1 aromatic rings. The van der Waals surface area contributed by atoms with Gasteiger partial charge in [0.05, 0.1) is 18.3 Å². The Labute approximate surface area is 133 Å². The smallest absolute Gasteiger partial charge is 0.180 e. The maximum atomic E-state index is 12.8. The van der Waals surface area contributed by atoms with Crippen molar-refractivity contribution in [2.45, 2.75) is 46.1 Å². The van der Waals surface area contributed by atoms with Crippen molar-refractivity contribution < 1.29 is 9.53 Å². The Balaban J connectivity index is 2.12. The average Bonchev–Trinajstić information content (AvgIpc) is 2.52. The number of benzene rings is 1. The maximum absolute atomic E-state index is 12.8. The molecule has 0 radical (unpaired) electrons. The quantitative estimate of drug-likeness (QED) is 0.647. The molecule has 0 amide bonds. The molecule has 1 unspecified atom stereocenters. The Bertz CT molecular complexity index is 508. The van der Waals surface area contributed by atoms with Gasteiger partial charge in [-0.05, 0) is 63.4 Å². The number of carbonyl (C=O) groups is 1. The maximum Gasteiger partial charge on any atom is 0.180 e.